The molecule has 1 amide bonds. The standard InChI is InChI=1S/C24H22N4OS/c1-5-15-10-17(13(3)14(4)27-15)19-7-6-16-18(28-19)8-9-20-21(16)22-23(30-20)24(29)26-12(2)11-25-22/h5-10,12,25H,1,11H2,2-4H3,(H,26,29)/t12-/m1/s1. The zero-order valence-electron chi connectivity index (χ0n) is 17.2. The SMILES string of the molecule is C=Cc1cc(-c2ccc3c(ccc4sc5c(c43)NC[C@@H](C)NC5=O)n2)c(C)c(C)n1. The molecule has 2 N–H and O–H groups in total. The van der Waals surface area contributed by atoms with E-state index in [0.29, 0.717) is 6.54 Å². The summed E-state index contributed by atoms with van der Waals surface area (Å²) in [7, 11) is 0. The van der Waals surface area contributed by atoms with E-state index in [2.05, 4.69) is 47.3 Å². The van der Waals surface area contributed by atoms with Crippen LogP contribution in [0.3, 0.4) is 0 Å². The minimum atomic E-state index is -0.0127. The molecule has 0 radical (unpaired) electrons. The van der Waals surface area contributed by atoms with Crippen molar-refractivity contribution in [2.45, 2.75) is 26.8 Å². The first kappa shape index (κ1) is 18.8. The lowest BCUT2D eigenvalue weighted by atomic mass is 10.0. The van der Waals surface area contributed by atoms with E-state index in [1.54, 1.807) is 6.08 Å². The maximum Gasteiger partial charge on any atom is 0.263 e. The number of hydrogen-bond acceptors (Lipinski definition) is 5. The molecule has 6 heteroatoms. The van der Waals surface area contributed by atoms with Crippen LogP contribution in [0.4, 0.5) is 5.69 Å². The molecular weight excluding hydrogens is 392 g/mol. The van der Waals surface area contributed by atoms with Gasteiger partial charge >= 0.3 is 0 Å². The van der Waals surface area contributed by atoms with Crippen LogP contribution in [0.1, 0.15) is 33.5 Å². The fraction of sp³-hybridized carbons (Fsp3) is 0.208. The van der Waals surface area contributed by atoms with Crippen molar-refractivity contribution in [2.24, 2.45) is 0 Å². The Hall–Kier alpha value is -3.25. The quantitative estimate of drug-likeness (QED) is 0.466. The molecule has 1 aliphatic rings. The predicted octanol–water partition coefficient (Wildman–Crippen LogP) is 5.32. The highest BCUT2D eigenvalue weighted by Crippen LogP contribution is 2.41. The second-order valence-electron chi connectivity index (χ2n) is 7.77. The smallest absolute Gasteiger partial charge is 0.263 e. The molecule has 4 aromatic rings. The van der Waals surface area contributed by atoms with E-state index in [1.807, 2.05) is 26.0 Å². The van der Waals surface area contributed by atoms with Gasteiger partial charge in [0.15, 0.2) is 0 Å². The number of carbonyl (C=O) groups excluding carboxylic acids is 1. The normalized spacial score (nSPS) is 16.1. The highest BCUT2D eigenvalue weighted by Gasteiger charge is 2.24. The summed E-state index contributed by atoms with van der Waals surface area (Å²) in [5.74, 6) is -0.0127. The number of nitrogens with one attached hydrogen (secondary N) is 2. The zero-order valence-corrected chi connectivity index (χ0v) is 18.0. The summed E-state index contributed by atoms with van der Waals surface area (Å²) in [6, 6.07) is 10.4. The van der Waals surface area contributed by atoms with Gasteiger partial charge in [-0.2, -0.15) is 0 Å². The lowest BCUT2D eigenvalue weighted by Crippen LogP contribution is -2.34. The molecular formula is C24H22N4OS. The van der Waals surface area contributed by atoms with Crippen molar-refractivity contribution in [3.8, 4) is 11.3 Å². The van der Waals surface area contributed by atoms with Gasteiger partial charge in [-0.3, -0.25) is 9.78 Å². The zero-order chi connectivity index (χ0) is 21.0. The average Bonchev–Trinajstić information content (AvgIpc) is 3.06. The van der Waals surface area contributed by atoms with Crippen LogP contribution in [0.25, 0.3) is 38.3 Å². The minimum Gasteiger partial charge on any atom is -0.381 e. The molecule has 3 aromatic heterocycles. The van der Waals surface area contributed by atoms with Crippen molar-refractivity contribution in [3.05, 3.63) is 58.7 Å². The third-order valence-corrected chi connectivity index (χ3v) is 6.87. The van der Waals surface area contributed by atoms with Crippen LogP contribution in [0.2, 0.25) is 0 Å². The number of amides is 1. The molecule has 0 fully saturated rings. The third kappa shape index (κ3) is 2.87. The van der Waals surface area contributed by atoms with Crippen LogP contribution in [0.5, 0.6) is 0 Å². The number of aromatic nitrogens is 2. The molecule has 4 heterocycles. The summed E-state index contributed by atoms with van der Waals surface area (Å²) in [4.78, 5) is 22.9. The van der Waals surface area contributed by atoms with Gasteiger partial charge in [0.25, 0.3) is 5.91 Å². The van der Waals surface area contributed by atoms with E-state index in [0.717, 1.165) is 59.8 Å². The maximum absolute atomic E-state index is 12.6. The van der Waals surface area contributed by atoms with Crippen molar-refractivity contribution in [2.75, 3.05) is 11.9 Å². The van der Waals surface area contributed by atoms with Gasteiger partial charge in [-0.15, -0.1) is 11.3 Å². The third-order valence-electron chi connectivity index (χ3n) is 5.71. The van der Waals surface area contributed by atoms with Crippen molar-refractivity contribution >= 4 is 50.0 Å². The Morgan fingerprint density at radius 2 is 2.03 bits per heavy atom. The monoisotopic (exact) mass is 414 g/mol. The summed E-state index contributed by atoms with van der Waals surface area (Å²) in [6.07, 6.45) is 1.76. The molecule has 0 bridgehead atoms. The molecule has 0 unspecified atom stereocenters. The van der Waals surface area contributed by atoms with Crippen molar-refractivity contribution in [1.82, 2.24) is 15.3 Å². The van der Waals surface area contributed by atoms with Crippen molar-refractivity contribution < 1.29 is 4.79 Å². The number of aryl methyl sites for hydroxylation is 1. The van der Waals surface area contributed by atoms with Crippen molar-refractivity contribution in [3.63, 3.8) is 0 Å². The van der Waals surface area contributed by atoms with Gasteiger partial charge in [0.2, 0.25) is 0 Å². The number of pyridine rings is 2. The van der Waals surface area contributed by atoms with Crippen LogP contribution in [-0.2, 0) is 0 Å². The second kappa shape index (κ2) is 6.92. The van der Waals surface area contributed by atoms with E-state index in [4.69, 9.17) is 4.98 Å². The number of nitrogens with zero attached hydrogens (tertiary/aromatic N) is 2. The topological polar surface area (TPSA) is 66.9 Å². The number of benzene rings is 1. The Morgan fingerprint density at radius 1 is 1.20 bits per heavy atom. The van der Waals surface area contributed by atoms with Crippen LogP contribution in [-0.4, -0.2) is 28.5 Å². The highest BCUT2D eigenvalue weighted by atomic mass is 32.1. The highest BCUT2D eigenvalue weighted by molar-refractivity contribution is 7.21. The van der Waals surface area contributed by atoms with E-state index >= 15 is 0 Å². The molecule has 1 atom stereocenters. The fourth-order valence-electron chi connectivity index (χ4n) is 4.01. The molecule has 150 valence electrons. The van der Waals surface area contributed by atoms with Gasteiger partial charge < -0.3 is 10.6 Å². The first-order chi connectivity index (χ1) is 14.5. The number of hydrogen-bond donors (Lipinski definition) is 2. The van der Waals surface area contributed by atoms with Crippen LogP contribution < -0.4 is 10.6 Å². The van der Waals surface area contributed by atoms with Crippen LogP contribution >= 0.6 is 11.3 Å². The van der Waals surface area contributed by atoms with E-state index in [-0.39, 0.29) is 11.9 Å². The maximum atomic E-state index is 12.6. The van der Waals surface area contributed by atoms with E-state index in [1.165, 1.54) is 11.3 Å². The van der Waals surface area contributed by atoms with E-state index in [9.17, 15) is 4.79 Å². The van der Waals surface area contributed by atoms with Crippen LogP contribution in [0.15, 0.2) is 36.9 Å². The Morgan fingerprint density at radius 3 is 2.83 bits per heavy atom. The number of carbonyl (C=O) groups is 1. The largest absolute Gasteiger partial charge is 0.381 e. The number of fused-ring (bicyclic) bond motifs is 5. The summed E-state index contributed by atoms with van der Waals surface area (Å²) in [6.45, 7) is 10.6. The lowest BCUT2D eigenvalue weighted by Gasteiger charge is -2.12. The number of thiophene rings is 1. The predicted molar refractivity (Wildman–Crippen MR) is 125 cm³/mol. The van der Waals surface area contributed by atoms with Gasteiger partial charge in [-0.1, -0.05) is 6.58 Å². The van der Waals surface area contributed by atoms with Crippen LogP contribution in [0, 0.1) is 13.8 Å². The van der Waals surface area contributed by atoms with Gasteiger partial charge in [0, 0.05) is 39.3 Å². The Balaban J connectivity index is 1.73. The fourth-order valence-corrected chi connectivity index (χ4v) is 5.10. The first-order valence-electron chi connectivity index (χ1n) is 9.98. The first-order valence-corrected chi connectivity index (χ1v) is 10.8. The second-order valence-corrected chi connectivity index (χ2v) is 8.82. The average molecular weight is 415 g/mol. The summed E-state index contributed by atoms with van der Waals surface area (Å²) in [5, 5.41) is 8.64. The van der Waals surface area contributed by atoms with Gasteiger partial charge in [-0.05, 0) is 62.7 Å². The molecule has 0 saturated heterocycles. The van der Waals surface area contributed by atoms with Gasteiger partial charge in [0.1, 0.15) is 4.88 Å². The molecule has 0 spiro atoms. The van der Waals surface area contributed by atoms with E-state index < -0.39 is 0 Å². The molecule has 5 nitrogen and oxygen atoms in total. The molecule has 30 heavy (non-hydrogen) atoms. The van der Waals surface area contributed by atoms with Crippen molar-refractivity contribution in [1.29, 1.82) is 0 Å². The molecule has 5 rings (SSSR count). The molecule has 0 saturated carbocycles. The van der Waals surface area contributed by atoms with Gasteiger partial charge in [0.05, 0.1) is 22.6 Å². The van der Waals surface area contributed by atoms with Gasteiger partial charge in [-0.25, -0.2) is 4.98 Å². The summed E-state index contributed by atoms with van der Waals surface area (Å²) in [5.41, 5.74) is 6.75. The summed E-state index contributed by atoms with van der Waals surface area (Å²) >= 11 is 1.53. The number of anilines is 1. The number of rotatable bonds is 2. The Kier molecular flexibility index (Phi) is 4.33. The lowest BCUT2D eigenvalue weighted by molar-refractivity contribution is 0.0949. The Bertz CT molecular complexity index is 1350. The minimum absolute atomic E-state index is 0.0127. The summed E-state index contributed by atoms with van der Waals surface area (Å²) < 4.78 is 1.09. The molecule has 1 aliphatic heterocycles. The molecule has 0 aliphatic carbocycles. The Labute approximate surface area is 178 Å². The molecule has 1 aromatic carbocycles.